The Hall–Kier alpha value is -2.24. The lowest BCUT2D eigenvalue weighted by Gasteiger charge is -2.32. The third kappa shape index (κ3) is 4.63. The first-order chi connectivity index (χ1) is 10.9. The predicted molar refractivity (Wildman–Crippen MR) is 73.1 cm³/mol. The van der Waals surface area contributed by atoms with Crippen molar-refractivity contribution in [2.45, 2.75) is 24.9 Å². The van der Waals surface area contributed by atoms with E-state index >= 15 is 0 Å². The van der Waals surface area contributed by atoms with Crippen molar-refractivity contribution in [3.63, 3.8) is 0 Å². The van der Waals surface area contributed by atoms with Crippen LogP contribution in [-0.2, 0) is 23.8 Å². The summed E-state index contributed by atoms with van der Waals surface area (Å²) in [6, 6.07) is -0.823. The van der Waals surface area contributed by atoms with Crippen LogP contribution in [0.2, 0.25) is 0 Å². The van der Waals surface area contributed by atoms with Gasteiger partial charge in [-0.2, -0.15) is 21.6 Å². The number of hydrogen-bond acceptors (Lipinski definition) is 6. The number of esters is 1. The second-order valence-electron chi connectivity index (χ2n) is 4.75. The first-order valence-corrected chi connectivity index (χ1v) is 7.78. The largest absolute Gasteiger partial charge is 0.534 e. The molecule has 24 heavy (non-hydrogen) atoms. The molecule has 0 bridgehead atoms. The van der Waals surface area contributed by atoms with Gasteiger partial charge >= 0.3 is 27.7 Å². The summed E-state index contributed by atoms with van der Waals surface area (Å²) in [5.41, 5.74) is -5.83. The molecule has 8 nitrogen and oxygen atoms in total. The van der Waals surface area contributed by atoms with Crippen LogP contribution in [0.1, 0.15) is 13.3 Å². The standard InChI is InChI=1S/C12H14F3NO7S/c1-7-5-9(23-24(20,21)12(13,14)15)8(3-4-10(17)22-2)6-16(7)11(18)19/h3-4,7H,5-6H2,1-2H3,(H,18,19)/b4-3+. The first-order valence-electron chi connectivity index (χ1n) is 6.37. The molecule has 1 rings (SSSR count). The van der Waals surface area contributed by atoms with Crippen LogP contribution in [-0.4, -0.2) is 55.7 Å². The Kier molecular flexibility index (Phi) is 5.87. The van der Waals surface area contributed by atoms with Gasteiger partial charge in [-0.05, 0) is 13.0 Å². The van der Waals surface area contributed by atoms with Gasteiger partial charge in [0.1, 0.15) is 5.76 Å². The average Bonchev–Trinajstić information content (AvgIpc) is 2.43. The predicted octanol–water partition coefficient (Wildman–Crippen LogP) is 1.61. The number of carbonyl (C=O) groups is 2. The van der Waals surface area contributed by atoms with Crippen molar-refractivity contribution in [3.05, 3.63) is 23.5 Å². The Morgan fingerprint density at radius 1 is 1.38 bits per heavy atom. The smallest absolute Gasteiger partial charge is 0.466 e. The zero-order chi connectivity index (χ0) is 18.7. The number of rotatable bonds is 4. The summed E-state index contributed by atoms with van der Waals surface area (Å²) in [5, 5.41) is 9.05. The molecule has 12 heteroatoms. The van der Waals surface area contributed by atoms with E-state index in [4.69, 9.17) is 5.11 Å². The number of carbonyl (C=O) groups excluding carboxylic acids is 1. The molecule has 136 valence electrons. The Labute approximate surface area is 135 Å². The van der Waals surface area contributed by atoms with Crippen molar-refractivity contribution in [3.8, 4) is 0 Å². The molecule has 0 radical (unpaired) electrons. The normalized spacial score (nSPS) is 19.5. The fourth-order valence-electron chi connectivity index (χ4n) is 1.84. The SMILES string of the molecule is COC(=O)/C=C/C1=C(OS(=O)(=O)C(F)(F)F)CC(C)N(C(=O)O)C1. The molecule has 0 aliphatic carbocycles. The molecule has 1 aliphatic rings. The molecule has 0 saturated heterocycles. The van der Waals surface area contributed by atoms with Gasteiger partial charge in [-0.1, -0.05) is 0 Å². The molecule has 1 aliphatic heterocycles. The molecule has 0 saturated carbocycles. The Morgan fingerprint density at radius 3 is 2.42 bits per heavy atom. The van der Waals surface area contributed by atoms with Crippen LogP contribution in [0.3, 0.4) is 0 Å². The summed E-state index contributed by atoms with van der Waals surface area (Å²) in [4.78, 5) is 23.1. The van der Waals surface area contributed by atoms with E-state index in [9.17, 15) is 31.2 Å². The second kappa shape index (κ2) is 7.11. The second-order valence-corrected chi connectivity index (χ2v) is 6.29. The van der Waals surface area contributed by atoms with Gasteiger partial charge < -0.3 is 18.9 Å². The summed E-state index contributed by atoms with van der Waals surface area (Å²) < 4.78 is 68.1. The van der Waals surface area contributed by atoms with Crippen LogP contribution in [0.15, 0.2) is 23.5 Å². The van der Waals surface area contributed by atoms with Crippen molar-refractivity contribution in [2.75, 3.05) is 13.7 Å². The van der Waals surface area contributed by atoms with Crippen molar-refractivity contribution in [1.29, 1.82) is 0 Å². The number of ether oxygens (including phenoxy) is 1. The van der Waals surface area contributed by atoms with Crippen molar-refractivity contribution in [2.24, 2.45) is 0 Å². The van der Waals surface area contributed by atoms with Crippen LogP contribution in [0, 0.1) is 0 Å². The van der Waals surface area contributed by atoms with Gasteiger partial charge in [0.2, 0.25) is 0 Å². The number of nitrogens with zero attached hydrogens (tertiary/aromatic N) is 1. The maximum absolute atomic E-state index is 12.5. The summed E-state index contributed by atoms with van der Waals surface area (Å²) >= 11 is 0. The zero-order valence-electron chi connectivity index (χ0n) is 12.5. The molecule has 1 unspecified atom stereocenters. The third-order valence-electron chi connectivity index (χ3n) is 3.07. The molecular weight excluding hydrogens is 359 g/mol. The molecule has 0 aromatic carbocycles. The van der Waals surface area contributed by atoms with Gasteiger partial charge in [-0.25, -0.2) is 9.59 Å². The Bertz CT molecular complexity index is 681. The third-order valence-corrected chi connectivity index (χ3v) is 4.06. The number of halogens is 3. The first kappa shape index (κ1) is 19.8. The summed E-state index contributed by atoms with van der Waals surface area (Å²) in [6.07, 6.45) is -0.00380. The maximum atomic E-state index is 12.5. The van der Waals surface area contributed by atoms with E-state index in [2.05, 4.69) is 8.92 Å². The molecule has 0 aromatic rings. The highest BCUT2D eigenvalue weighted by Crippen LogP contribution is 2.32. The van der Waals surface area contributed by atoms with Gasteiger partial charge in [0, 0.05) is 24.1 Å². The van der Waals surface area contributed by atoms with Gasteiger partial charge in [0.05, 0.1) is 13.7 Å². The van der Waals surface area contributed by atoms with Crippen LogP contribution in [0.4, 0.5) is 18.0 Å². The molecule has 0 aromatic heterocycles. The highest BCUT2D eigenvalue weighted by Gasteiger charge is 2.49. The van der Waals surface area contributed by atoms with E-state index in [1.807, 2.05) is 0 Å². The van der Waals surface area contributed by atoms with E-state index < -0.39 is 52.5 Å². The van der Waals surface area contributed by atoms with Crippen molar-refractivity contribution in [1.82, 2.24) is 4.90 Å². The lowest BCUT2D eigenvalue weighted by molar-refractivity contribution is -0.134. The Balaban J connectivity index is 3.27. The summed E-state index contributed by atoms with van der Waals surface area (Å²) in [6.45, 7) is 0.922. The van der Waals surface area contributed by atoms with E-state index in [1.165, 1.54) is 6.92 Å². The van der Waals surface area contributed by atoms with Gasteiger partial charge in [-0.15, -0.1) is 0 Å². The molecule has 1 amide bonds. The van der Waals surface area contributed by atoms with E-state index in [-0.39, 0.29) is 5.57 Å². The average molecular weight is 373 g/mol. The fourth-order valence-corrected chi connectivity index (χ4v) is 2.38. The lowest BCUT2D eigenvalue weighted by atomic mass is 10.0. The summed E-state index contributed by atoms with van der Waals surface area (Å²) in [5.74, 6) is -1.45. The topological polar surface area (TPSA) is 110 Å². The van der Waals surface area contributed by atoms with Crippen LogP contribution in [0.5, 0.6) is 0 Å². The lowest BCUT2D eigenvalue weighted by Crippen LogP contribution is -2.43. The minimum Gasteiger partial charge on any atom is -0.466 e. The van der Waals surface area contributed by atoms with Gasteiger partial charge in [0.15, 0.2) is 0 Å². The minimum atomic E-state index is -5.91. The van der Waals surface area contributed by atoms with Crippen LogP contribution < -0.4 is 0 Å². The monoisotopic (exact) mass is 373 g/mol. The number of hydrogen-bond donors (Lipinski definition) is 1. The van der Waals surface area contributed by atoms with Gasteiger partial charge in [-0.3, -0.25) is 0 Å². The van der Waals surface area contributed by atoms with Gasteiger partial charge in [0.25, 0.3) is 0 Å². The number of methoxy groups -OCH3 is 1. The zero-order valence-corrected chi connectivity index (χ0v) is 13.3. The molecule has 0 fully saturated rings. The van der Waals surface area contributed by atoms with E-state index in [1.54, 1.807) is 0 Å². The number of amides is 1. The van der Waals surface area contributed by atoms with E-state index in [0.29, 0.717) is 0 Å². The fraction of sp³-hybridized carbons (Fsp3) is 0.500. The number of carboxylic acid groups (broad SMARTS) is 1. The Morgan fingerprint density at radius 2 is 1.96 bits per heavy atom. The number of alkyl halides is 3. The van der Waals surface area contributed by atoms with Crippen molar-refractivity contribution < 1.29 is 45.2 Å². The van der Waals surface area contributed by atoms with E-state index in [0.717, 1.165) is 24.2 Å². The molecule has 1 heterocycles. The molecule has 1 N–H and O–H groups in total. The summed E-state index contributed by atoms with van der Waals surface area (Å²) in [7, 11) is -4.85. The minimum absolute atomic E-state index is 0.200. The van der Waals surface area contributed by atoms with Crippen LogP contribution in [0.25, 0.3) is 0 Å². The molecule has 0 spiro atoms. The maximum Gasteiger partial charge on any atom is 0.534 e. The quantitative estimate of drug-likeness (QED) is 0.345. The highest BCUT2D eigenvalue weighted by atomic mass is 32.2. The van der Waals surface area contributed by atoms with Crippen molar-refractivity contribution >= 4 is 22.2 Å². The van der Waals surface area contributed by atoms with Crippen LogP contribution >= 0.6 is 0 Å². The highest BCUT2D eigenvalue weighted by molar-refractivity contribution is 7.87. The molecule has 1 atom stereocenters. The molecular formula is C12H14F3NO7S.